The van der Waals surface area contributed by atoms with Crippen LogP contribution in [0.25, 0.3) is 11.5 Å². The SMILES string of the molecule is CN=C(NCCc1coc(-c2ccc(F)cc2)n1)NCC1(C)CCCO1. The predicted molar refractivity (Wildman–Crippen MR) is 98.6 cm³/mol. The Bertz CT molecular complexity index is 736. The molecule has 1 aromatic carbocycles. The number of hydrogen-bond acceptors (Lipinski definition) is 4. The van der Waals surface area contributed by atoms with E-state index in [-0.39, 0.29) is 11.4 Å². The zero-order valence-electron chi connectivity index (χ0n) is 15.2. The van der Waals surface area contributed by atoms with Crippen LogP contribution >= 0.6 is 0 Å². The zero-order chi connectivity index (χ0) is 18.4. The van der Waals surface area contributed by atoms with Crippen LogP contribution in [-0.2, 0) is 11.2 Å². The maximum atomic E-state index is 13.0. The highest BCUT2D eigenvalue weighted by molar-refractivity contribution is 5.79. The summed E-state index contributed by atoms with van der Waals surface area (Å²) in [6.07, 6.45) is 4.48. The second kappa shape index (κ2) is 8.31. The molecule has 140 valence electrons. The molecule has 6 nitrogen and oxygen atoms in total. The third-order valence-corrected chi connectivity index (χ3v) is 4.47. The molecule has 1 aliphatic rings. The molecule has 1 atom stereocenters. The fraction of sp³-hybridized carbons (Fsp3) is 0.474. The molecule has 26 heavy (non-hydrogen) atoms. The van der Waals surface area contributed by atoms with Crippen molar-refractivity contribution in [3.8, 4) is 11.5 Å². The van der Waals surface area contributed by atoms with Gasteiger partial charge in [0, 0.05) is 38.7 Å². The molecule has 1 aliphatic heterocycles. The molecule has 0 spiro atoms. The maximum Gasteiger partial charge on any atom is 0.226 e. The minimum atomic E-state index is -0.277. The highest BCUT2D eigenvalue weighted by atomic mass is 19.1. The number of hydrogen-bond donors (Lipinski definition) is 2. The van der Waals surface area contributed by atoms with Crippen LogP contribution in [0.3, 0.4) is 0 Å². The van der Waals surface area contributed by atoms with Crippen molar-refractivity contribution in [3.05, 3.63) is 42.0 Å². The van der Waals surface area contributed by atoms with Crippen LogP contribution in [0.2, 0.25) is 0 Å². The monoisotopic (exact) mass is 360 g/mol. The van der Waals surface area contributed by atoms with Gasteiger partial charge in [-0.2, -0.15) is 0 Å². The lowest BCUT2D eigenvalue weighted by Crippen LogP contribution is -2.45. The second-order valence-corrected chi connectivity index (χ2v) is 6.66. The molecule has 0 amide bonds. The molecule has 2 aromatic rings. The topological polar surface area (TPSA) is 71.7 Å². The molecule has 0 bridgehead atoms. The summed E-state index contributed by atoms with van der Waals surface area (Å²) < 4.78 is 24.2. The zero-order valence-corrected chi connectivity index (χ0v) is 15.2. The molecule has 0 radical (unpaired) electrons. The Balaban J connectivity index is 1.46. The van der Waals surface area contributed by atoms with Gasteiger partial charge in [0.05, 0.1) is 11.3 Å². The Hall–Kier alpha value is -2.41. The first kappa shape index (κ1) is 18.4. The van der Waals surface area contributed by atoms with Gasteiger partial charge < -0.3 is 19.8 Å². The quantitative estimate of drug-likeness (QED) is 0.612. The number of rotatable bonds is 6. The van der Waals surface area contributed by atoms with Crippen molar-refractivity contribution in [2.75, 3.05) is 26.7 Å². The second-order valence-electron chi connectivity index (χ2n) is 6.66. The van der Waals surface area contributed by atoms with E-state index in [0.29, 0.717) is 18.9 Å². The molecule has 1 fully saturated rings. The van der Waals surface area contributed by atoms with Gasteiger partial charge in [0.2, 0.25) is 5.89 Å². The van der Waals surface area contributed by atoms with Crippen molar-refractivity contribution in [1.82, 2.24) is 15.6 Å². The van der Waals surface area contributed by atoms with Crippen LogP contribution in [0.5, 0.6) is 0 Å². The number of nitrogens with zero attached hydrogens (tertiary/aromatic N) is 2. The van der Waals surface area contributed by atoms with E-state index in [1.807, 2.05) is 0 Å². The summed E-state index contributed by atoms with van der Waals surface area (Å²) in [5.74, 6) is 0.957. The number of guanidine groups is 1. The number of ether oxygens (including phenoxy) is 1. The van der Waals surface area contributed by atoms with Gasteiger partial charge in [0.1, 0.15) is 12.1 Å². The molecular weight excluding hydrogens is 335 g/mol. The van der Waals surface area contributed by atoms with Gasteiger partial charge in [-0.1, -0.05) is 0 Å². The molecule has 1 saturated heterocycles. The number of nitrogens with one attached hydrogen (secondary N) is 2. The number of benzene rings is 1. The largest absolute Gasteiger partial charge is 0.444 e. The number of halogens is 1. The van der Waals surface area contributed by atoms with Gasteiger partial charge in [0.15, 0.2) is 5.96 Å². The molecule has 3 rings (SSSR count). The molecule has 1 unspecified atom stereocenters. The Morgan fingerprint density at radius 2 is 2.12 bits per heavy atom. The third kappa shape index (κ3) is 4.82. The summed E-state index contributed by atoms with van der Waals surface area (Å²) in [5, 5.41) is 6.58. The smallest absolute Gasteiger partial charge is 0.226 e. The van der Waals surface area contributed by atoms with Crippen molar-refractivity contribution in [2.24, 2.45) is 4.99 Å². The first-order valence-corrected chi connectivity index (χ1v) is 8.87. The van der Waals surface area contributed by atoms with Gasteiger partial charge in [-0.3, -0.25) is 4.99 Å². The standard InChI is InChI=1S/C19H25FN4O2/c1-19(9-3-11-26-19)13-23-18(21-2)22-10-8-16-12-25-17(24-16)14-4-6-15(20)7-5-14/h4-7,12H,3,8-11,13H2,1-2H3,(H2,21,22,23). The lowest BCUT2D eigenvalue weighted by atomic mass is 10.0. The Kier molecular flexibility index (Phi) is 5.88. The van der Waals surface area contributed by atoms with E-state index in [0.717, 1.165) is 43.2 Å². The molecule has 0 aliphatic carbocycles. The van der Waals surface area contributed by atoms with E-state index >= 15 is 0 Å². The summed E-state index contributed by atoms with van der Waals surface area (Å²) in [6, 6.07) is 6.09. The third-order valence-electron chi connectivity index (χ3n) is 4.47. The summed E-state index contributed by atoms with van der Waals surface area (Å²) in [5.41, 5.74) is 1.47. The summed E-state index contributed by atoms with van der Waals surface area (Å²) in [4.78, 5) is 8.68. The first-order valence-electron chi connectivity index (χ1n) is 8.87. The van der Waals surface area contributed by atoms with E-state index in [1.54, 1.807) is 25.4 Å². The van der Waals surface area contributed by atoms with Crippen LogP contribution in [0, 0.1) is 5.82 Å². The summed E-state index contributed by atoms with van der Waals surface area (Å²) >= 11 is 0. The first-order chi connectivity index (χ1) is 12.6. The van der Waals surface area contributed by atoms with E-state index in [9.17, 15) is 4.39 Å². The summed E-state index contributed by atoms with van der Waals surface area (Å²) in [6.45, 7) is 4.34. The van der Waals surface area contributed by atoms with Gasteiger partial charge in [-0.05, 0) is 44.0 Å². The Morgan fingerprint density at radius 3 is 2.81 bits per heavy atom. The fourth-order valence-corrected chi connectivity index (χ4v) is 2.92. The van der Waals surface area contributed by atoms with Crippen molar-refractivity contribution < 1.29 is 13.5 Å². The lowest BCUT2D eigenvalue weighted by molar-refractivity contribution is 0.0243. The molecular formula is C19H25FN4O2. The predicted octanol–water partition coefficient (Wildman–Crippen LogP) is 2.76. The molecule has 2 heterocycles. The lowest BCUT2D eigenvalue weighted by Gasteiger charge is -2.24. The van der Waals surface area contributed by atoms with Crippen molar-refractivity contribution >= 4 is 5.96 Å². The fourth-order valence-electron chi connectivity index (χ4n) is 2.92. The van der Waals surface area contributed by atoms with Crippen molar-refractivity contribution in [3.63, 3.8) is 0 Å². The molecule has 2 N–H and O–H groups in total. The molecule has 1 aromatic heterocycles. The van der Waals surface area contributed by atoms with Crippen LogP contribution in [0.15, 0.2) is 39.9 Å². The minimum Gasteiger partial charge on any atom is -0.444 e. The van der Waals surface area contributed by atoms with E-state index < -0.39 is 0 Å². The number of oxazole rings is 1. The average molecular weight is 360 g/mol. The van der Waals surface area contributed by atoms with Gasteiger partial charge in [-0.15, -0.1) is 0 Å². The highest BCUT2D eigenvalue weighted by Gasteiger charge is 2.29. The average Bonchev–Trinajstić information content (AvgIpc) is 3.28. The van der Waals surface area contributed by atoms with Gasteiger partial charge >= 0.3 is 0 Å². The number of aromatic nitrogens is 1. The molecule has 7 heteroatoms. The van der Waals surface area contributed by atoms with E-state index in [1.165, 1.54) is 12.1 Å². The van der Waals surface area contributed by atoms with Crippen molar-refractivity contribution in [1.29, 1.82) is 0 Å². The van der Waals surface area contributed by atoms with Crippen LogP contribution in [0.1, 0.15) is 25.5 Å². The van der Waals surface area contributed by atoms with Crippen LogP contribution in [-0.4, -0.2) is 43.3 Å². The normalized spacial score (nSPS) is 20.3. The van der Waals surface area contributed by atoms with Crippen LogP contribution < -0.4 is 10.6 Å². The minimum absolute atomic E-state index is 0.117. The Labute approximate surface area is 152 Å². The van der Waals surface area contributed by atoms with E-state index in [2.05, 4.69) is 27.5 Å². The van der Waals surface area contributed by atoms with Gasteiger partial charge in [0.25, 0.3) is 0 Å². The highest BCUT2D eigenvalue weighted by Crippen LogP contribution is 2.23. The number of aliphatic imine (C=N–C) groups is 1. The van der Waals surface area contributed by atoms with E-state index in [4.69, 9.17) is 9.15 Å². The Morgan fingerprint density at radius 1 is 1.31 bits per heavy atom. The molecule has 0 saturated carbocycles. The maximum absolute atomic E-state index is 13.0. The summed E-state index contributed by atoms with van der Waals surface area (Å²) in [7, 11) is 1.75. The van der Waals surface area contributed by atoms with Gasteiger partial charge in [-0.25, -0.2) is 9.37 Å². The van der Waals surface area contributed by atoms with Crippen molar-refractivity contribution in [2.45, 2.75) is 31.8 Å². The van der Waals surface area contributed by atoms with Crippen LogP contribution in [0.4, 0.5) is 4.39 Å².